The maximum atomic E-state index is 5.95. The molecule has 3 atom stereocenters. The molecule has 2 bridgehead atoms. The van der Waals surface area contributed by atoms with E-state index in [2.05, 4.69) is 6.92 Å². The van der Waals surface area contributed by atoms with E-state index in [4.69, 9.17) is 5.73 Å². The monoisotopic (exact) mass is 125 g/mol. The van der Waals surface area contributed by atoms with Crippen molar-refractivity contribution in [1.29, 1.82) is 0 Å². The molecule has 0 heterocycles. The Kier molecular flexibility index (Phi) is 0.963. The maximum Gasteiger partial charge on any atom is 0.00956 e. The standard InChI is InChI=1S/C8H15N/c1-8-3-2-6(5-8)4-7(8)9/h6-7H,2-5,9H2,1H3. The fourth-order valence-electron chi connectivity index (χ4n) is 2.58. The number of fused-ring (bicyclic) bond motifs is 2. The highest BCUT2D eigenvalue weighted by molar-refractivity contribution is 5.00. The molecule has 1 nitrogen and oxygen atoms in total. The van der Waals surface area contributed by atoms with E-state index in [1.807, 2.05) is 0 Å². The molecular weight excluding hydrogens is 110 g/mol. The summed E-state index contributed by atoms with van der Waals surface area (Å²) >= 11 is 0. The third-order valence-corrected chi connectivity index (χ3v) is 3.36. The largest absolute Gasteiger partial charge is 0.327 e. The van der Waals surface area contributed by atoms with Crippen LogP contribution >= 0.6 is 0 Å². The van der Waals surface area contributed by atoms with Crippen LogP contribution < -0.4 is 5.73 Å². The molecule has 2 aliphatic rings. The van der Waals surface area contributed by atoms with E-state index in [-0.39, 0.29) is 0 Å². The highest BCUT2D eigenvalue weighted by Crippen LogP contribution is 2.52. The molecule has 0 amide bonds. The van der Waals surface area contributed by atoms with E-state index >= 15 is 0 Å². The van der Waals surface area contributed by atoms with Gasteiger partial charge in [0.15, 0.2) is 0 Å². The summed E-state index contributed by atoms with van der Waals surface area (Å²) in [5.74, 6) is 0.991. The van der Waals surface area contributed by atoms with E-state index in [1.165, 1.54) is 25.7 Å². The van der Waals surface area contributed by atoms with Crippen LogP contribution in [0.25, 0.3) is 0 Å². The minimum absolute atomic E-state index is 0.524. The van der Waals surface area contributed by atoms with Gasteiger partial charge in [0.05, 0.1) is 0 Å². The first kappa shape index (κ1) is 5.72. The minimum Gasteiger partial charge on any atom is -0.327 e. The molecule has 0 spiro atoms. The van der Waals surface area contributed by atoms with Gasteiger partial charge in [-0.2, -0.15) is 0 Å². The van der Waals surface area contributed by atoms with Crippen LogP contribution in [-0.4, -0.2) is 6.04 Å². The van der Waals surface area contributed by atoms with Crippen molar-refractivity contribution in [3.63, 3.8) is 0 Å². The molecule has 9 heavy (non-hydrogen) atoms. The molecular formula is C8H15N. The van der Waals surface area contributed by atoms with Gasteiger partial charge in [0.25, 0.3) is 0 Å². The summed E-state index contributed by atoms with van der Waals surface area (Å²) in [7, 11) is 0. The fraction of sp³-hybridized carbons (Fsp3) is 1.00. The first-order chi connectivity index (χ1) is 4.21. The Morgan fingerprint density at radius 1 is 1.56 bits per heavy atom. The van der Waals surface area contributed by atoms with Crippen LogP contribution in [-0.2, 0) is 0 Å². The molecule has 0 aromatic carbocycles. The van der Waals surface area contributed by atoms with Crippen molar-refractivity contribution in [1.82, 2.24) is 0 Å². The predicted octanol–water partition coefficient (Wildman–Crippen LogP) is 1.52. The van der Waals surface area contributed by atoms with Crippen molar-refractivity contribution in [3.8, 4) is 0 Å². The van der Waals surface area contributed by atoms with Crippen molar-refractivity contribution in [2.24, 2.45) is 17.1 Å². The molecule has 0 aromatic heterocycles. The highest BCUT2D eigenvalue weighted by Gasteiger charge is 2.46. The smallest absolute Gasteiger partial charge is 0.00956 e. The van der Waals surface area contributed by atoms with Crippen LogP contribution in [0.1, 0.15) is 32.6 Å². The fourth-order valence-corrected chi connectivity index (χ4v) is 2.58. The quantitative estimate of drug-likeness (QED) is 0.522. The summed E-state index contributed by atoms with van der Waals surface area (Å²) in [6, 6.07) is 0.524. The van der Waals surface area contributed by atoms with Crippen molar-refractivity contribution in [2.75, 3.05) is 0 Å². The summed E-state index contributed by atoms with van der Waals surface area (Å²) in [5, 5.41) is 0. The van der Waals surface area contributed by atoms with Crippen LogP contribution in [0.4, 0.5) is 0 Å². The van der Waals surface area contributed by atoms with Gasteiger partial charge in [-0.05, 0) is 37.0 Å². The molecule has 52 valence electrons. The van der Waals surface area contributed by atoms with Gasteiger partial charge in [-0.1, -0.05) is 6.92 Å². The normalized spacial score (nSPS) is 56.7. The van der Waals surface area contributed by atoms with Gasteiger partial charge < -0.3 is 5.73 Å². The van der Waals surface area contributed by atoms with Gasteiger partial charge in [-0.15, -0.1) is 0 Å². The molecule has 2 rings (SSSR count). The topological polar surface area (TPSA) is 26.0 Å². The van der Waals surface area contributed by atoms with Crippen molar-refractivity contribution < 1.29 is 0 Å². The predicted molar refractivity (Wildman–Crippen MR) is 38.0 cm³/mol. The Labute approximate surface area is 56.6 Å². The minimum atomic E-state index is 0.524. The Morgan fingerprint density at radius 3 is 2.56 bits per heavy atom. The zero-order valence-electron chi connectivity index (χ0n) is 6.06. The Hall–Kier alpha value is -0.0400. The van der Waals surface area contributed by atoms with Gasteiger partial charge in [0.1, 0.15) is 0 Å². The highest BCUT2D eigenvalue weighted by atomic mass is 14.7. The van der Waals surface area contributed by atoms with E-state index < -0.39 is 0 Å². The Morgan fingerprint density at radius 2 is 2.33 bits per heavy atom. The summed E-state index contributed by atoms with van der Waals surface area (Å²) < 4.78 is 0. The second-order valence-corrected chi connectivity index (χ2v) is 4.11. The first-order valence-electron chi connectivity index (χ1n) is 3.96. The molecule has 2 fully saturated rings. The van der Waals surface area contributed by atoms with Gasteiger partial charge in [0.2, 0.25) is 0 Å². The first-order valence-corrected chi connectivity index (χ1v) is 3.96. The summed E-state index contributed by atoms with van der Waals surface area (Å²) in [6.07, 6.45) is 5.55. The number of hydrogen-bond donors (Lipinski definition) is 1. The number of hydrogen-bond acceptors (Lipinski definition) is 1. The van der Waals surface area contributed by atoms with E-state index in [1.54, 1.807) is 0 Å². The molecule has 2 N–H and O–H groups in total. The van der Waals surface area contributed by atoms with Gasteiger partial charge >= 0.3 is 0 Å². The lowest BCUT2D eigenvalue weighted by Gasteiger charge is -2.27. The van der Waals surface area contributed by atoms with E-state index in [0.29, 0.717) is 11.5 Å². The molecule has 0 aromatic rings. The summed E-state index contributed by atoms with van der Waals surface area (Å²) in [5.41, 5.74) is 6.50. The van der Waals surface area contributed by atoms with Crippen LogP contribution in [0.15, 0.2) is 0 Å². The van der Waals surface area contributed by atoms with Gasteiger partial charge in [0, 0.05) is 6.04 Å². The number of nitrogens with two attached hydrogens (primary N) is 1. The van der Waals surface area contributed by atoms with Crippen LogP contribution in [0.5, 0.6) is 0 Å². The second-order valence-electron chi connectivity index (χ2n) is 4.11. The summed E-state index contributed by atoms with van der Waals surface area (Å²) in [6.45, 7) is 2.35. The molecule has 2 saturated carbocycles. The van der Waals surface area contributed by atoms with Crippen LogP contribution in [0, 0.1) is 11.3 Å². The molecule has 0 aliphatic heterocycles. The average Bonchev–Trinajstić information content (AvgIpc) is 2.22. The van der Waals surface area contributed by atoms with Crippen molar-refractivity contribution in [3.05, 3.63) is 0 Å². The lowest BCUT2D eigenvalue weighted by Crippen LogP contribution is -2.34. The average molecular weight is 125 g/mol. The van der Waals surface area contributed by atoms with Gasteiger partial charge in [-0.3, -0.25) is 0 Å². The van der Waals surface area contributed by atoms with E-state index in [9.17, 15) is 0 Å². The third-order valence-electron chi connectivity index (χ3n) is 3.36. The van der Waals surface area contributed by atoms with Crippen LogP contribution in [0.3, 0.4) is 0 Å². The van der Waals surface area contributed by atoms with Gasteiger partial charge in [-0.25, -0.2) is 0 Å². The number of rotatable bonds is 0. The molecule has 0 radical (unpaired) electrons. The third kappa shape index (κ3) is 0.644. The lowest BCUT2D eigenvalue weighted by molar-refractivity contribution is 0.282. The van der Waals surface area contributed by atoms with Crippen LogP contribution in [0.2, 0.25) is 0 Å². The molecule has 3 unspecified atom stereocenters. The van der Waals surface area contributed by atoms with E-state index in [0.717, 1.165) is 5.92 Å². The molecule has 0 saturated heterocycles. The maximum absolute atomic E-state index is 5.95. The molecule has 1 heteroatoms. The molecule has 2 aliphatic carbocycles. The Bertz CT molecular complexity index is 133. The Balaban J connectivity index is 2.22. The zero-order valence-corrected chi connectivity index (χ0v) is 6.06. The second kappa shape index (κ2) is 1.51. The summed E-state index contributed by atoms with van der Waals surface area (Å²) in [4.78, 5) is 0. The lowest BCUT2D eigenvalue weighted by atomic mass is 9.83. The SMILES string of the molecule is CC12CCC(CC1N)C2. The zero-order chi connectivity index (χ0) is 6.48. The van der Waals surface area contributed by atoms with Crippen molar-refractivity contribution >= 4 is 0 Å². The van der Waals surface area contributed by atoms with Crippen molar-refractivity contribution in [2.45, 2.75) is 38.6 Å².